The van der Waals surface area contributed by atoms with Crippen molar-refractivity contribution in [3.63, 3.8) is 0 Å². The van der Waals surface area contributed by atoms with Crippen molar-refractivity contribution in [2.45, 2.75) is 51.9 Å². The maximum Gasteiger partial charge on any atom is 0.136 e. The Bertz CT molecular complexity index is 369. The summed E-state index contributed by atoms with van der Waals surface area (Å²) in [5.41, 5.74) is 2.34. The Balaban J connectivity index is 2.00. The molecule has 2 heteroatoms. The number of nitrogens with zero attached hydrogens (tertiary/aromatic N) is 1. The molecule has 0 amide bonds. The Morgan fingerprint density at radius 1 is 1.29 bits per heavy atom. The zero-order valence-electron chi connectivity index (χ0n) is 10.6. The average Bonchev–Trinajstić information content (AvgIpc) is 2.56. The van der Waals surface area contributed by atoms with E-state index < -0.39 is 0 Å². The van der Waals surface area contributed by atoms with Gasteiger partial charge in [-0.25, -0.2) is 0 Å². The first kappa shape index (κ1) is 12.3. The smallest absolute Gasteiger partial charge is 0.136 e. The largest absolute Gasteiger partial charge is 0.299 e. The quantitative estimate of drug-likeness (QED) is 0.747. The summed E-state index contributed by atoms with van der Waals surface area (Å²) in [6.07, 6.45) is 9.12. The maximum atomic E-state index is 11.9. The molecule has 1 aliphatic rings. The fourth-order valence-electron chi connectivity index (χ4n) is 2.49. The molecule has 1 saturated carbocycles. The molecule has 1 fully saturated rings. The van der Waals surface area contributed by atoms with Crippen molar-refractivity contribution in [1.29, 1.82) is 0 Å². The first-order valence-electron chi connectivity index (χ1n) is 6.76. The summed E-state index contributed by atoms with van der Waals surface area (Å²) in [5.74, 6) is 0.668. The average molecular weight is 231 g/mol. The summed E-state index contributed by atoms with van der Waals surface area (Å²) in [7, 11) is 0. The monoisotopic (exact) mass is 231 g/mol. The van der Waals surface area contributed by atoms with Gasteiger partial charge in [0.2, 0.25) is 0 Å². The number of carbonyl (C=O) groups is 1. The number of aromatic nitrogens is 1. The molecule has 0 N–H and O–H groups in total. The van der Waals surface area contributed by atoms with Gasteiger partial charge in [-0.1, -0.05) is 25.8 Å². The number of carbonyl (C=O) groups excluding carboxylic acids is 1. The fraction of sp³-hybridized carbons (Fsp3) is 0.600. The predicted octanol–water partition coefficient (Wildman–Crippen LogP) is 3.34. The number of hydrogen-bond donors (Lipinski definition) is 0. The summed E-state index contributed by atoms with van der Waals surface area (Å²) < 4.78 is 0. The van der Waals surface area contributed by atoms with E-state index in [0.717, 1.165) is 37.8 Å². The van der Waals surface area contributed by atoms with Crippen molar-refractivity contribution in [2.75, 3.05) is 0 Å². The van der Waals surface area contributed by atoms with Crippen LogP contribution in [0.2, 0.25) is 0 Å². The van der Waals surface area contributed by atoms with E-state index in [1.54, 1.807) is 0 Å². The second-order valence-corrected chi connectivity index (χ2v) is 4.98. The maximum absolute atomic E-state index is 11.9. The molecular formula is C15H21NO. The summed E-state index contributed by atoms with van der Waals surface area (Å²) in [6, 6.07) is 4.21. The third-order valence-corrected chi connectivity index (χ3v) is 3.68. The van der Waals surface area contributed by atoms with Gasteiger partial charge in [0.05, 0.1) is 0 Å². The number of hydrogen-bond acceptors (Lipinski definition) is 2. The van der Waals surface area contributed by atoms with E-state index >= 15 is 0 Å². The molecule has 1 unspecified atom stereocenters. The summed E-state index contributed by atoms with van der Waals surface area (Å²) in [6.45, 7) is 2.13. The molecule has 0 aliphatic heterocycles. The van der Waals surface area contributed by atoms with E-state index in [0.29, 0.717) is 5.78 Å². The predicted molar refractivity (Wildman–Crippen MR) is 68.9 cm³/mol. The van der Waals surface area contributed by atoms with Crippen LogP contribution in [-0.2, 0) is 17.6 Å². The van der Waals surface area contributed by atoms with Gasteiger partial charge in [0.15, 0.2) is 0 Å². The molecule has 2 nitrogen and oxygen atoms in total. The Kier molecular flexibility index (Phi) is 4.29. The Hall–Kier alpha value is -1.18. The van der Waals surface area contributed by atoms with E-state index in [-0.39, 0.29) is 5.92 Å². The van der Waals surface area contributed by atoms with Gasteiger partial charge in [-0.2, -0.15) is 0 Å². The molecule has 0 spiro atoms. The second kappa shape index (κ2) is 5.95. The molecule has 1 aromatic heterocycles. The van der Waals surface area contributed by atoms with Gasteiger partial charge in [-0.05, 0) is 37.3 Å². The van der Waals surface area contributed by atoms with Gasteiger partial charge in [0.25, 0.3) is 0 Å². The van der Waals surface area contributed by atoms with Gasteiger partial charge in [0, 0.05) is 24.2 Å². The standard InChI is InChI=1S/C15H21NO/c1-2-12-8-9-14(16-11-12)10-13-6-4-3-5-7-15(13)17/h8-9,11,13H,2-7,10H2,1H3. The molecule has 0 radical (unpaired) electrons. The van der Waals surface area contributed by atoms with Gasteiger partial charge in [-0.15, -0.1) is 0 Å². The molecule has 1 atom stereocenters. The first-order chi connectivity index (χ1) is 8.29. The van der Waals surface area contributed by atoms with Crippen molar-refractivity contribution < 1.29 is 4.79 Å². The molecule has 1 heterocycles. The van der Waals surface area contributed by atoms with Gasteiger partial charge < -0.3 is 0 Å². The van der Waals surface area contributed by atoms with Crippen LogP contribution >= 0.6 is 0 Å². The third kappa shape index (κ3) is 3.39. The van der Waals surface area contributed by atoms with Crippen LogP contribution < -0.4 is 0 Å². The minimum absolute atomic E-state index is 0.220. The zero-order valence-corrected chi connectivity index (χ0v) is 10.6. The van der Waals surface area contributed by atoms with Crippen LogP contribution in [-0.4, -0.2) is 10.8 Å². The zero-order chi connectivity index (χ0) is 12.1. The lowest BCUT2D eigenvalue weighted by Gasteiger charge is -2.12. The molecule has 92 valence electrons. The summed E-state index contributed by atoms with van der Waals surface area (Å²) >= 11 is 0. The Labute approximate surface area is 103 Å². The van der Waals surface area contributed by atoms with Crippen molar-refractivity contribution in [3.8, 4) is 0 Å². The lowest BCUT2D eigenvalue weighted by Crippen LogP contribution is -2.15. The van der Waals surface area contributed by atoms with Crippen molar-refractivity contribution >= 4 is 5.78 Å². The molecular weight excluding hydrogens is 210 g/mol. The lowest BCUT2D eigenvalue weighted by molar-refractivity contribution is -0.122. The van der Waals surface area contributed by atoms with Crippen molar-refractivity contribution in [1.82, 2.24) is 4.98 Å². The lowest BCUT2D eigenvalue weighted by atomic mass is 9.93. The van der Waals surface area contributed by atoms with E-state index in [1.165, 1.54) is 18.4 Å². The van der Waals surface area contributed by atoms with Crippen LogP contribution in [0.4, 0.5) is 0 Å². The van der Waals surface area contributed by atoms with Crippen molar-refractivity contribution in [3.05, 3.63) is 29.6 Å². The van der Waals surface area contributed by atoms with Crippen LogP contribution in [0.1, 0.15) is 50.3 Å². The SMILES string of the molecule is CCc1ccc(CC2CCCCCC2=O)nc1. The van der Waals surface area contributed by atoms with E-state index in [9.17, 15) is 4.79 Å². The van der Waals surface area contributed by atoms with Crippen LogP contribution in [0.5, 0.6) is 0 Å². The summed E-state index contributed by atoms with van der Waals surface area (Å²) in [5, 5.41) is 0. The minimum Gasteiger partial charge on any atom is -0.299 e. The van der Waals surface area contributed by atoms with E-state index in [4.69, 9.17) is 0 Å². The highest BCUT2D eigenvalue weighted by Crippen LogP contribution is 2.22. The first-order valence-corrected chi connectivity index (χ1v) is 6.76. The molecule has 2 rings (SSSR count). The van der Waals surface area contributed by atoms with Crippen LogP contribution in [0, 0.1) is 5.92 Å². The highest BCUT2D eigenvalue weighted by atomic mass is 16.1. The highest BCUT2D eigenvalue weighted by molar-refractivity contribution is 5.81. The Morgan fingerprint density at radius 2 is 2.18 bits per heavy atom. The topological polar surface area (TPSA) is 30.0 Å². The molecule has 0 saturated heterocycles. The van der Waals surface area contributed by atoms with Crippen LogP contribution in [0.15, 0.2) is 18.3 Å². The highest BCUT2D eigenvalue weighted by Gasteiger charge is 2.21. The van der Waals surface area contributed by atoms with Crippen molar-refractivity contribution in [2.24, 2.45) is 5.92 Å². The minimum atomic E-state index is 0.220. The summed E-state index contributed by atoms with van der Waals surface area (Å²) in [4.78, 5) is 16.4. The Morgan fingerprint density at radius 3 is 2.88 bits per heavy atom. The molecule has 17 heavy (non-hydrogen) atoms. The molecule has 1 aliphatic carbocycles. The normalized spacial score (nSPS) is 21.2. The van der Waals surface area contributed by atoms with Crippen LogP contribution in [0.3, 0.4) is 0 Å². The number of Topliss-reactive ketones (excluding diaryl/α,β-unsaturated/α-hetero) is 1. The third-order valence-electron chi connectivity index (χ3n) is 3.68. The van der Waals surface area contributed by atoms with Crippen LogP contribution in [0.25, 0.3) is 0 Å². The van der Waals surface area contributed by atoms with E-state index in [1.807, 2.05) is 6.20 Å². The van der Waals surface area contributed by atoms with E-state index in [2.05, 4.69) is 24.0 Å². The second-order valence-electron chi connectivity index (χ2n) is 4.98. The number of aryl methyl sites for hydroxylation is 1. The fourth-order valence-corrected chi connectivity index (χ4v) is 2.49. The van der Waals surface area contributed by atoms with Gasteiger partial charge in [0.1, 0.15) is 5.78 Å². The number of pyridine rings is 1. The number of ketones is 1. The van der Waals surface area contributed by atoms with Gasteiger partial charge in [-0.3, -0.25) is 9.78 Å². The molecule has 0 bridgehead atoms. The molecule has 1 aromatic rings. The number of rotatable bonds is 3. The van der Waals surface area contributed by atoms with Gasteiger partial charge >= 0.3 is 0 Å². The molecule has 0 aromatic carbocycles.